The van der Waals surface area contributed by atoms with E-state index in [9.17, 15) is 23.8 Å². The van der Waals surface area contributed by atoms with Crippen molar-refractivity contribution in [3.63, 3.8) is 0 Å². The average Bonchev–Trinajstić information content (AvgIpc) is 2.94. The van der Waals surface area contributed by atoms with Gasteiger partial charge < -0.3 is 38.7 Å². The number of phenolic OH excluding ortho intramolecular Hbond substituents is 1. The fraction of sp³-hybridized carbons (Fsp3) is 0.647. The molecule has 0 radical (unpaired) electrons. The van der Waals surface area contributed by atoms with Gasteiger partial charge in [-0.05, 0) is 73.6 Å². The van der Waals surface area contributed by atoms with Gasteiger partial charge in [0.25, 0.3) is 0 Å². The van der Waals surface area contributed by atoms with Crippen LogP contribution in [0.25, 0.3) is 5.70 Å². The molecule has 10 heteroatoms. The number of unbranched alkanes of at least 4 members (excludes halogenated alkanes) is 1. The zero-order chi connectivity index (χ0) is 32.5. The van der Waals surface area contributed by atoms with Gasteiger partial charge in [-0.2, -0.15) is 15.2 Å². The number of carbonyl (C=O) groups is 1. The average molecular weight is 847 g/mol. The van der Waals surface area contributed by atoms with E-state index in [-0.39, 0.29) is 48.7 Å². The van der Waals surface area contributed by atoms with E-state index in [4.69, 9.17) is 11.5 Å². The van der Waals surface area contributed by atoms with Crippen LogP contribution in [-0.4, -0.2) is 28.8 Å². The Balaban J connectivity index is 0.00000603. The SMILES string of the molecule is CC.[CH2-]CC(/C(CCCC)=C(\N)c1c(O)cc(OC(F)F)cc1CC1CCC1)=C(/N)NC(CC)CCC(CCC)C(=O)O.[U]. The molecule has 2 unspecified atom stereocenters. The number of phenols is 1. The summed E-state index contributed by atoms with van der Waals surface area (Å²) in [6, 6.07) is 2.71. The number of hydrogen-bond acceptors (Lipinski definition) is 6. The number of benzene rings is 1. The molecule has 0 saturated heterocycles. The second-order valence-corrected chi connectivity index (χ2v) is 11.1. The summed E-state index contributed by atoms with van der Waals surface area (Å²) in [5.74, 6) is -0.644. The molecule has 0 heterocycles. The fourth-order valence-corrected chi connectivity index (χ4v) is 5.54. The van der Waals surface area contributed by atoms with Gasteiger partial charge in [-0.3, -0.25) is 4.79 Å². The van der Waals surface area contributed by atoms with Crippen LogP contribution >= 0.6 is 0 Å². The summed E-state index contributed by atoms with van der Waals surface area (Å²) >= 11 is 0. The number of alkyl halides is 2. The third kappa shape index (κ3) is 13.2. The minimum atomic E-state index is -3.00. The molecule has 1 aliphatic carbocycles. The van der Waals surface area contributed by atoms with Gasteiger partial charge in [-0.25, -0.2) is 0 Å². The first-order valence-electron chi connectivity index (χ1n) is 16.1. The number of carboxylic acid groups (broad SMARTS) is 1. The number of allylic oxidation sites excluding steroid dienone is 2. The van der Waals surface area contributed by atoms with E-state index in [1.54, 1.807) is 6.07 Å². The first kappa shape index (κ1) is 42.1. The number of nitrogens with one attached hydrogen (secondary N) is 1. The molecule has 2 rings (SSSR count). The van der Waals surface area contributed by atoms with Crippen LogP contribution in [0.15, 0.2) is 29.1 Å². The normalized spacial score (nSPS) is 15.5. The first-order valence-corrected chi connectivity index (χ1v) is 16.1. The van der Waals surface area contributed by atoms with Crippen molar-refractivity contribution in [1.29, 1.82) is 0 Å². The number of halogens is 2. The van der Waals surface area contributed by atoms with Gasteiger partial charge in [-0.1, -0.05) is 66.7 Å². The standard InChI is InChI=1S/C32H50F2N3O4.C2H6.U/c1-5-9-14-26(25(8-4)30(36)37-23(7-3)16-15-21(11-6-2)31(39)40)29(35)28-22(17-20-12-10-13-20)18-24(19-27(28)38)41-32(33)34;1-2;/h18-21,23,32,37-38H,4-17,35-36H2,1-3H3,(H,39,40);1-2H3;/q-1;;/b29-26-,30-25+;;. The van der Waals surface area contributed by atoms with Gasteiger partial charge in [0.15, 0.2) is 0 Å². The Morgan fingerprint density at radius 2 is 1.75 bits per heavy atom. The van der Waals surface area contributed by atoms with Crippen LogP contribution in [0.2, 0.25) is 0 Å². The Morgan fingerprint density at radius 3 is 2.23 bits per heavy atom. The van der Waals surface area contributed by atoms with E-state index in [0.717, 1.165) is 56.1 Å². The maximum absolute atomic E-state index is 13.0. The molecule has 2 atom stereocenters. The molecule has 1 aliphatic rings. The molecule has 1 aromatic carbocycles. The van der Waals surface area contributed by atoms with Crippen molar-refractivity contribution >= 4 is 11.7 Å². The molecule has 0 aliphatic heterocycles. The zero-order valence-corrected chi connectivity index (χ0v) is 31.6. The Bertz CT molecular complexity index is 1060. The molecule has 7 nitrogen and oxygen atoms in total. The van der Waals surface area contributed by atoms with Gasteiger partial charge in [0.1, 0.15) is 11.5 Å². The van der Waals surface area contributed by atoms with Crippen molar-refractivity contribution < 1.29 is 59.6 Å². The third-order valence-electron chi connectivity index (χ3n) is 8.15. The number of hydrogen-bond donors (Lipinski definition) is 5. The largest absolute Gasteiger partial charge is 0.507 e. The molecular formula is C34H56F2N3O4U-. The number of ether oxygens (including phenoxy) is 1. The van der Waals surface area contributed by atoms with Gasteiger partial charge in [0.2, 0.25) is 0 Å². The van der Waals surface area contributed by atoms with E-state index in [2.05, 4.69) is 23.9 Å². The molecule has 1 saturated carbocycles. The zero-order valence-electron chi connectivity index (χ0n) is 27.5. The number of nitrogens with two attached hydrogens (primary N) is 2. The quantitative estimate of drug-likeness (QED) is 0.0701. The van der Waals surface area contributed by atoms with Crippen molar-refractivity contribution in [3.8, 4) is 11.5 Å². The summed E-state index contributed by atoms with van der Waals surface area (Å²) in [6.07, 6.45) is 9.86. The maximum Gasteiger partial charge on any atom is 0.387 e. The first-order chi connectivity index (χ1) is 20.6. The van der Waals surface area contributed by atoms with E-state index < -0.39 is 18.5 Å². The molecule has 0 spiro atoms. The molecule has 250 valence electrons. The van der Waals surface area contributed by atoms with Gasteiger partial charge >= 0.3 is 12.6 Å². The number of carboxylic acids is 1. The summed E-state index contributed by atoms with van der Waals surface area (Å²) in [6.45, 7) is 11.2. The van der Waals surface area contributed by atoms with Crippen LogP contribution < -0.4 is 21.5 Å². The van der Waals surface area contributed by atoms with Crippen molar-refractivity contribution in [2.24, 2.45) is 23.3 Å². The van der Waals surface area contributed by atoms with Crippen LogP contribution in [0.1, 0.15) is 123 Å². The predicted octanol–water partition coefficient (Wildman–Crippen LogP) is 8.27. The van der Waals surface area contributed by atoms with Crippen LogP contribution in [0, 0.1) is 49.9 Å². The third-order valence-corrected chi connectivity index (χ3v) is 8.15. The second kappa shape index (κ2) is 22.6. The van der Waals surface area contributed by atoms with Crippen LogP contribution in [0.5, 0.6) is 11.5 Å². The molecule has 0 amide bonds. The van der Waals surface area contributed by atoms with Gasteiger partial charge in [0.05, 0.1) is 11.7 Å². The minimum Gasteiger partial charge on any atom is -0.507 e. The Kier molecular flexibility index (Phi) is 21.6. The monoisotopic (exact) mass is 846 g/mol. The number of rotatable bonds is 19. The van der Waals surface area contributed by atoms with E-state index in [0.29, 0.717) is 67.1 Å². The summed E-state index contributed by atoms with van der Waals surface area (Å²) in [4.78, 5) is 11.6. The van der Waals surface area contributed by atoms with Crippen molar-refractivity contribution in [3.05, 3.63) is 47.2 Å². The molecule has 44 heavy (non-hydrogen) atoms. The molecule has 1 fully saturated rings. The maximum atomic E-state index is 13.0. The van der Waals surface area contributed by atoms with E-state index in [1.807, 2.05) is 27.7 Å². The topological polar surface area (TPSA) is 131 Å². The molecule has 1 aromatic rings. The van der Waals surface area contributed by atoms with Crippen LogP contribution in [-0.2, 0) is 11.2 Å². The van der Waals surface area contributed by atoms with Crippen molar-refractivity contribution in [1.82, 2.24) is 5.32 Å². The molecule has 0 aromatic heterocycles. The molecule has 0 bridgehead atoms. The molecular weight excluding hydrogens is 790 g/mol. The Labute approximate surface area is 288 Å². The van der Waals surface area contributed by atoms with E-state index in [1.165, 1.54) is 6.07 Å². The predicted molar refractivity (Wildman–Crippen MR) is 171 cm³/mol. The van der Waals surface area contributed by atoms with Crippen LogP contribution in [0.4, 0.5) is 8.78 Å². The summed E-state index contributed by atoms with van der Waals surface area (Å²) in [7, 11) is 0. The summed E-state index contributed by atoms with van der Waals surface area (Å²) in [5, 5.41) is 24.0. The number of aliphatic carboxylic acids is 1. The Hall–Kier alpha value is -1.92. The minimum absolute atomic E-state index is 0. The van der Waals surface area contributed by atoms with Crippen LogP contribution in [0.3, 0.4) is 0 Å². The summed E-state index contributed by atoms with van der Waals surface area (Å²) < 4.78 is 30.6. The van der Waals surface area contributed by atoms with Gasteiger partial charge in [-0.15, -0.1) is 0 Å². The smallest absolute Gasteiger partial charge is 0.387 e. The van der Waals surface area contributed by atoms with Crippen molar-refractivity contribution in [2.45, 2.75) is 131 Å². The fourth-order valence-electron chi connectivity index (χ4n) is 5.54. The van der Waals surface area contributed by atoms with E-state index >= 15 is 0 Å². The number of aromatic hydroxyl groups is 1. The van der Waals surface area contributed by atoms with Crippen molar-refractivity contribution in [2.75, 3.05) is 0 Å². The second-order valence-electron chi connectivity index (χ2n) is 11.1. The Morgan fingerprint density at radius 1 is 1.09 bits per heavy atom. The van der Waals surface area contributed by atoms with Gasteiger partial charge in [0, 0.05) is 54.5 Å². The summed E-state index contributed by atoms with van der Waals surface area (Å²) in [5.41, 5.74) is 16.4. The molecule has 7 N–H and O–H groups in total.